The van der Waals surface area contributed by atoms with Crippen LogP contribution in [0, 0.1) is 0 Å². The highest BCUT2D eigenvalue weighted by Gasteiger charge is 2.22. The lowest BCUT2D eigenvalue weighted by atomic mass is 10.1. The first kappa shape index (κ1) is 9.94. The second kappa shape index (κ2) is 4.76. The van der Waals surface area contributed by atoms with E-state index in [9.17, 15) is 0 Å². The van der Waals surface area contributed by atoms with Gasteiger partial charge in [0.15, 0.2) is 0 Å². The van der Waals surface area contributed by atoms with Crippen LogP contribution in [0.3, 0.4) is 0 Å². The Labute approximate surface area is 88.8 Å². The van der Waals surface area contributed by atoms with Gasteiger partial charge in [0, 0.05) is 18.0 Å². The van der Waals surface area contributed by atoms with Crippen LogP contribution < -0.4 is 0 Å². The van der Waals surface area contributed by atoms with Gasteiger partial charge in [0.1, 0.15) is 0 Å². The Kier molecular flexibility index (Phi) is 3.64. The van der Waals surface area contributed by atoms with Crippen molar-refractivity contribution in [2.75, 3.05) is 26.2 Å². The fourth-order valence-corrected chi connectivity index (χ4v) is 2.57. The maximum Gasteiger partial charge on any atom is 0.0702 e. The molecule has 0 aromatic heterocycles. The van der Waals surface area contributed by atoms with Gasteiger partial charge in [-0.15, -0.1) is 0 Å². The number of likely N-dealkylation sites (tertiary alicyclic amines) is 1. The van der Waals surface area contributed by atoms with Crippen molar-refractivity contribution in [1.29, 1.82) is 0 Å². The Bertz CT molecular complexity index is 151. The van der Waals surface area contributed by atoms with E-state index in [1.54, 1.807) is 0 Å². The predicted octanol–water partition coefficient (Wildman–Crippen LogP) is 2.02. The summed E-state index contributed by atoms with van der Waals surface area (Å²) in [7, 11) is 0. The largest absolute Gasteiger partial charge is 0.377 e. The molecule has 2 fully saturated rings. The normalized spacial score (nSPS) is 32.5. The molecule has 2 heterocycles. The van der Waals surface area contributed by atoms with Gasteiger partial charge >= 0.3 is 0 Å². The second-order valence-electron chi connectivity index (χ2n) is 4.11. The molecule has 0 N–H and O–H groups in total. The fraction of sp³-hybridized carbons (Fsp3) is 1.00. The van der Waals surface area contributed by atoms with Crippen LogP contribution in [0.5, 0.6) is 0 Å². The highest BCUT2D eigenvalue weighted by atomic mass is 79.9. The third kappa shape index (κ3) is 2.93. The first-order chi connectivity index (χ1) is 6.34. The molecular formula is C10H18BrNO. The molecule has 0 aromatic carbocycles. The molecule has 2 saturated heterocycles. The van der Waals surface area contributed by atoms with E-state index in [0.717, 1.165) is 11.4 Å². The Hall–Kier alpha value is 0.400. The van der Waals surface area contributed by atoms with Gasteiger partial charge in [-0.05, 0) is 38.8 Å². The second-order valence-corrected chi connectivity index (χ2v) is 5.41. The zero-order valence-corrected chi connectivity index (χ0v) is 9.63. The monoisotopic (exact) mass is 247 g/mol. The van der Waals surface area contributed by atoms with Crippen molar-refractivity contribution >= 4 is 15.9 Å². The molecular weight excluding hydrogens is 230 g/mol. The molecule has 0 amide bonds. The molecule has 1 atom stereocenters. The van der Waals surface area contributed by atoms with Crippen molar-refractivity contribution < 1.29 is 4.74 Å². The van der Waals surface area contributed by atoms with Gasteiger partial charge in [0.05, 0.1) is 6.10 Å². The van der Waals surface area contributed by atoms with Gasteiger partial charge < -0.3 is 9.64 Å². The van der Waals surface area contributed by atoms with Gasteiger partial charge in [0.25, 0.3) is 0 Å². The summed E-state index contributed by atoms with van der Waals surface area (Å²) in [4.78, 5) is 3.31. The molecule has 0 spiro atoms. The number of piperidine rings is 1. The quantitative estimate of drug-likeness (QED) is 0.693. The zero-order valence-electron chi connectivity index (χ0n) is 8.04. The topological polar surface area (TPSA) is 12.5 Å². The number of ether oxygens (including phenoxy) is 1. The molecule has 76 valence electrons. The molecule has 2 nitrogen and oxygen atoms in total. The lowest BCUT2D eigenvalue weighted by Gasteiger charge is -2.30. The summed E-state index contributed by atoms with van der Waals surface area (Å²) in [5.41, 5.74) is 0. The average molecular weight is 248 g/mol. The summed E-state index contributed by atoms with van der Waals surface area (Å²) >= 11 is 3.67. The summed E-state index contributed by atoms with van der Waals surface area (Å²) in [6.07, 6.45) is 5.67. The molecule has 2 rings (SSSR count). The zero-order chi connectivity index (χ0) is 9.10. The molecule has 3 heteroatoms. The molecule has 2 aliphatic rings. The van der Waals surface area contributed by atoms with E-state index >= 15 is 0 Å². The van der Waals surface area contributed by atoms with Crippen molar-refractivity contribution in [2.45, 2.75) is 36.6 Å². The highest BCUT2D eigenvalue weighted by Crippen LogP contribution is 2.20. The van der Waals surface area contributed by atoms with Crippen LogP contribution >= 0.6 is 15.9 Å². The first-order valence-electron chi connectivity index (χ1n) is 5.32. The van der Waals surface area contributed by atoms with E-state index in [-0.39, 0.29) is 0 Å². The lowest BCUT2D eigenvalue weighted by Crippen LogP contribution is -2.38. The number of nitrogens with zero attached hydrogens (tertiary/aromatic N) is 1. The summed E-state index contributed by atoms with van der Waals surface area (Å²) < 4.78 is 5.63. The van der Waals surface area contributed by atoms with E-state index in [1.807, 2.05) is 0 Å². The van der Waals surface area contributed by atoms with Gasteiger partial charge in [-0.2, -0.15) is 0 Å². The van der Waals surface area contributed by atoms with Gasteiger partial charge in [0.2, 0.25) is 0 Å². The first-order valence-corrected chi connectivity index (χ1v) is 6.24. The van der Waals surface area contributed by atoms with Crippen LogP contribution in [0.15, 0.2) is 0 Å². The van der Waals surface area contributed by atoms with Crippen LogP contribution in [0.25, 0.3) is 0 Å². The number of rotatable bonds is 2. The van der Waals surface area contributed by atoms with E-state index in [1.165, 1.54) is 45.3 Å². The Morgan fingerprint density at radius 1 is 1.23 bits per heavy atom. The third-order valence-electron chi connectivity index (χ3n) is 3.00. The Morgan fingerprint density at radius 3 is 2.62 bits per heavy atom. The molecule has 13 heavy (non-hydrogen) atoms. The van der Waals surface area contributed by atoms with Crippen LogP contribution in [0.1, 0.15) is 25.7 Å². The number of hydrogen-bond acceptors (Lipinski definition) is 2. The Balaban J connectivity index is 1.69. The standard InChI is InChI=1S/C10H18BrNO/c11-9-3-5-12(6-4-9)8-10-2-1-7-13-10/h9-10H,1-8H2. The minimum absolute atomic E-state index is 0.534. The van der Waals surface area contributed by atoms with Crippen LogP contribution in [0.2, 0.25) is 0 Å². The van der Waals surface area contributed by atoms with Gasteiger partial charge in [-0.1, -0.05) is 15.9 Å². The highest BCUT2D eigenvalue weighted by molar-refractivity contribution is 9.09. The van der Waals surface area contributed by atoms with Crippen molar-refractivity contribution in [3.05, 3.63) is 0 Å². The molecule has 0 aromatic rings. The van der Waals surface area contributed by atoms with E-state index < -0.39 is 0 Å². The summed E-state index contributed by atoms with van der Waals surface area (Å²) in [5.74, 6) is 0. The average Bonchev–Trinajstić information content (AvgIpc) is 2.62. The molecule has 0 aliphatic carbocycles. The number of hydrogen-bond donors (Lipinski definition) is 0. The number of halogens is 1. The summed E-state index contributed by atoms with van der Waals surface area (Å²) in [6, 6.07) is 0. The molecule has 0 radical (unpaired) electrons. The number of alkyl halides is 1. The van der Waals surface area contributed by atoms with Crippen molar-refractivity contribution in [3.63, 3.8) is 0 Å². The molecule has 0 bridgehead atoms. The van der Waals surface area contributed by atoms with Gasteiger partial charge in [-0.25, -0.2) is 0 Å². The van der Waals surface area contributed by atoms with E-state index in [2.05, 4.69) is 20.8 Å². The maximum atomic E-state index is 5.63. The maximum absolute atomic E-state index is 5.63. The van der Waals surface area contributed by atoms with Crippen molar-refractivity contribution in [3.8, 4) is 0 Å². The minimum atomic E-state index is 0.534. The van der Waals surface area contributed by atoms with Crippen LogP contribution in [-0.2, 0) is 4.74 Å². The third-order valence-corrected chi connectivity index (χ3v) is 3.92. The summed E-state index contributed by atoms with van der Waals surface area (Å²) in [6.45, 7) is 4.64. The van der Waals surface area contributed by atoms with Crippen LogP contribution in [-0.4, -0.2) is 42.1 Å². The minimum Gasteiger partial charge on any atom is -0.377 e. The van der Waals surface area contributed by atoms with Crippen molar-refractivity contribution in [1.82, 2.24) is 4.90 Å². The van der Waals surface area contributed by atoms with E-state index in [4.69, 9.17) is 4.74 Å². The fourth-order valence-electron chi connectivity index (χ4n) is 2.16. The smallest absolute Gasteiger partial charge is 0.0702 e. The van der Waals surface area contributed by atoms with Gasteiger partial charge in [-0.3, -0.25) is 0 Å². The molecule has 0 saturated carbocycles. The van der Waals surface area contributed by atoms with E-state index in [0.29, 0.717) is 6.10 Å². The Morgan fingerprint density at radius 2 is 2.00 bits per heavy atom. The van der Waals surface area contributed by atoms with Crippen molar-refractivity contribution in [2.24, 2.45) is 0 Å². The lowest BCUT2D eigenvalue weighted by molar-refractivity contribution is 0.0674. The summed E-state index contributed by atoms with van der Waals surface area (Å²) in [5, 5.41) is 0. The molecule has 1 unspecified atom stereocenters. The molecule has 2 aliphatic heterocycles. The predicted molar refractivity (Wildman–Crippen MR) is 57.4 cm³/mol. The SMILES string of the molecule is BrC1CCN(CC2CCCO2)CC1. The van der Waals surface area contributed by atoms with Crippen LogP contribution in [0.4, 0.5) is 0 Å².